The lowest BCUT2D eigenvalue weighted by Gasteiger charge is -2.24. The van der Waals surface area contributed by atoms with E-state index < -0.39 is 5.97 Å². The molecule has 7 aromatic carbocycles. The Morgan fingerprint density at radius 3 is 1.39 bits per heavy atom. The molecule has 0 fully saturated rings. The average Bonchev–Trinajstić information content (AvgIpc) is 1.65. The Balaban J connectivity index is 0.000000404. The van der Waals surface area contributed by atoms with Crippen LogP contribution in [0.2, 0.25) is 0 Å². The Morgan fingerprint density at radius 1 is 0.452 bits per heavy atom. The number of nitrogens with zero attached hydrogens (tertiary/aromatic N) is 3. The number of pyridine rings is 1. The van der Waals surface area contributed by atoms with E-state index in [4.69, 9.17) is 37.5 Å². The summed E-state index contributed by atoms with van der Waals surface area (Å²) in [4.78, 5) is 21.7. The summed E-state index contributed by atoms with van der Waals surface area (Å²) in [5.74, 6) is 0.199. The zero-order chi connectivity index (χ0) is 79.6. The molecule has 14 heteroatoms. The Labute approximate surface area is 631 Å². The largest absolute Gasteiger partial charge is 0.497 e. The highest BCUT2D eigenvalue weighted by molar-refractivity contribution is 7.22. The zero-order valence-corrected chi connectivity index (χ0v) is 69.5. The third kappa shape index (κ3) is 32.2. The molecule has 0 atom stereocenters. The molecule has 104 heavy (non-hydrogen) atoms. The number of nitrogens with two attached hydrogens (primary N) is 4. The van der Waals surface area contributed by atoms with E-state index >= 15 is 0 Å². The van der Waals surface area contributed by atoms with E-state index in [-0.39, 0.29) is 55.0 Å². The van der Waals surface area contributed by atoms with Crippen LogP contribution in [0.1, 0.15) is 252 Å². The molecule has 0 saturated carbocycles. The van der Waals surface area contributed by atoms with Gasteiger partial charge in [0.15, 0.2) is 5.13 Å². The number of benzene rings is 7. The van der Waals surface area contributed by atoms with Crippen LogP contribution in [-0.2, 0) is 63.0 Å². The molecule has 0 amide bonds. The van der Waals surface area contributed by atoms with Gasteiger partial charge in [-0.15, -0.1) is 0 Å². The van der Waals surface area contributed by atoms with Crippen LogP contribution in [-0.4, -0.2) is 48.4 Å². The molecule has 0 spiro atoms. The second kappa shape index (κ2) is 40.5. The molecule has 2 aromatic heterocycles. The van der Waals surface area contributed by atoms with Gasteiger partial charge in [-0.2, -0.15) is 0 Å². The van der Waals surface area contributed by atoms with Gasteiger partial charge in [0.05, 0.1) is 30.0 Å². The highest BCUT2D eigenvalue weighted by Gasteiger charge is 2.22. The standard InChI is InChI=1S/C13H22N2.C11H16FN.C11H15FO.C11H14N2S.2C11H17N.C11H14O2.C11H16O/c1-6-15(7-2)11-8-9-14-12(10-11)13(3,4)5;1-11(2,3)10-6-9(12)5-4-8(10)7-13;1-11(2,3)8-5-9(12)7-10(6-8)13-4;1-11(2,3)7-4-5-9-8(6-7)13-10(12)14-9;1-11(2,3)10-6-4-9(8-12)5-7-10;1-11(2,3)10-7-5-4-6-9(10)8-12;1-11(2,3)9-6-4-5-8(7-9)10(12)13;1-11(2,3)9-6-5-7-10(8-9)12-4/h8-10H,6-7H2,1-5H3;4-6H,7,13H2,1-3H3;5-7H,1-4H3;4-6H,1-3H3,(H2,12,13);2*4-7H,8,12H2,1-3H3;4-7H,1-3H3,(H,12,13);5-8H,1-4H3. The number of aromatic carboxylic acids is 1. The predicted molar refractivity (Wildman–Crippen MR) is 444 cm³/mol. The lowest BCUT2D eigenvalue weighted by molar-refractivity contribution is 0.0696. The van der Waals surface area contributed by atoms with Crippen molar-refractivity contribution in [2.45, 2.75) is 243 Å². The number of carbonyl (C=O) groups is 1. The number of nitrogen functional groups attached to an aromatic ring is 1. The minimum atomic E-state index is -0.869. The van der Waals surface area contributed by atoms with E-state index in [0.29, 0.717) is 36.1 Å². The quantitative estimate of drug-likeness (QED) is 0.0925. The topological polar surface area (TPSA) is 189 Å². The Kier molecular flexibility index (Phi) is 35.8. The third-order valence-corrected chi connectivity index (χ3v) is 17.9. The second-order valence-corrected chi connectivity index (χ2v) is 35.1. The highest BCUT2D eigenvalue weighted by Crippen LogP contribution is 2.33. The van der Waals surface area contributed by atoms with Crippen LogP contribution in [0.4, 0.5) is 19.6 Å². The summed E-state index contributed by atoms with van der Waals surface area (Å²) >= 11 is 1.54. The van der Waals surface area contributed by atoms with Crippen molar-refractivity contribution in [3.63, 3.8) is 0 Å². The highest BCUT2D eigenvalue weighted by atomic mass is 32.1. The van der Waals surface area contributed by atoms with E-state index in [0.717, 1.165) is 57.0 Å². The van der Waals surface area contributed by atoms with E-state index in [2.05, 4.69) is 259 Å². The summed E-state index contributed by atoms with van der Waals surface area (Å²) in [5, 5.41) is 9.42. The van der Waals surface area contributed by atoms with Crippen molar-refractivity contribution in [3.05, 3.63) is 249 Å². The number of hydrogen-bond acceptors (Lipinski definition) is 11. The van der Waals surface area contributed by atoms with Gasteiger partial charge in [-0.3, -0.25) is 4.98 Å². The lowest BCUT2D eigenvalue weighted by Crippen LogP contribution is -2.23. The molecular formula is C90H131F2N7O4S. The molecule has 0 bridgehead atoms. The fourth-order valence-electron chi connectivity index (χ4n) is 10.3. The fraction of sp³-hybridized carbons (Fsp3) is 0.456. The van der Waals surface area contributed by atoms with Gasteiger partial charge in [-0.05, 0) is 180 Å². The molecule has 2 heterocycles. The molecule has 9 rings (SSSR count). The van der Waals surface area contributed by atoms with Gasteiger partial charge in [0.25, 0.3) is 0 Å². The molecule has 0 aliphatic rings. The predicted octanol–water partition coefficient (Wildman–Crippen LogP) is 22.7. The van der Waals surface area contributed by atoms with E-state index in [1.54, 1.807) is 50.6 Å². The minimum absolute atomic E-state index is 0.00542. The monoisotopic (exact) mass is 1440 g/mol. The minimum Gasteiger partial charge on any atom is -0.497 e. The van der Waals surface area contributed by atoms with Crippen LogP contribution in [0.3, 0.4) is 0 Å². The van der Waals surface area contributed by atoms with Crippen molar-refractivity contribution in [2.24, 2.45) is 17.2 Å². The molecule has 0 aliphatic carbocycles. The number of carboxylic acids is 1. The molecule has 9 N–H and O–H groups in total. The molecule has 9 aromatic rings. The van der Waals surface area contributed by atoms with Gasteiger partial charge in [-0.1, -0.05) is 262 Å². The number of carboxylic acid groups (broad SMARTS) is 1. The first-order valence-corrected chi connectivity index (χ1v) is 37.0. The molecule has 0 saturated heterocycles. The lowest BCUT2D eigenvalue weighted by atomic mass is 9.84. The number of hydrogen-bond donors (Lipinski definition) is 5. The van der Waals surface area contributed by atoms with Crippen molar-refractivity contribution >= 4 is 38.3 Å². The van der Waals surface area contributed by atoms with Crippen LogP contribution in [0.5, 0.6) is 11.5 Å². The number of thiazole rings is 1. The maximum Gasteiger partial charge on any atom is 0.335 e. The van der Waals surface area contributed by atoms with Crippen LogP contribution in [0.15, 0.2) is 170 Å². The number of halogens is 2. The first kappa shape index (κ1) is 92.1. The molecule has 0 unspecified atom stereocenters. The summed E-state index contributed by atoms with van der Waals surface area (Å²) in [6.07, 6.45) is 1.91. The number of methoxy groups -OCH3 is 2. The van der Waals surface area contributed by atoms with Crippen LogP contribution in [0.25, 0.3) is 10.2 Å². The Hall–Kier alpha value is -8.01. The normalized spacial score (nSPS) is 11.6. The van der Waals surface area contributed by atoms with Gasteiger partial charge in [0.1, 0.15) is 23.1 Å². The van der Waals surface area contributed by atoms with Crippen LogP contribution in [0, 0.1) is 11.6 Å². The Morgan fingerprint density at radius 2 is 0.933 bits per heavy atom. The number of ether oxygens (including phenoxy) is 2. The zero-order valence-electron chi connectivity index (χ0n) is 68.7. The molecular weight excluding hydrogens is 1310 g/mol. The summed E-state index contributed by atoms with van der Waals surface area (Å²) in [7, 11) is 3.24. The third-order valence-electron chi connectivity index (χ3n) is 17.0. The number of fused-ring (bicyclic) bond motifs is 1. The number of aromatic nitrogens is 2. The maximum absolute atomic E-state index is 13.1. The number of rotatable bonds is 9. The molecule has 0 aliphatic heterocycles. The van der Waals surface area contributed by atoms with Gasteiger partial charge in [0.2, 0.25) is 0 Å². The van der Waals surface area contributed by atoms with Gasteiger partial charge < -0.3 is 42.4 Å². The molecule has 570 valence electrons. The molecule has 0 radical (unpaired) electrons. The molecule has 11 nitrogen and oxygen atoms in total. The Bertz CT molecular complexity index is 4030. The summed E-state index contributed by atoms with van der Waals surface area (Å²) < 4.78 is 37.3. The average molecular weight is 1450 g/mol. The van der Waals surface area contributed by atoms with E-state index in [1.807, 2.05) is 57.3 Å². The van der Waals surface area contributed by atoms with Crippen LogP contribution < -0.4 is 37.3 Å². The maximum atomic E-state index is 13.1. The number of anilines is 2. The van der Waals surface area contributed by atoms with Crippen molar-refractivity contribution in [1.29, 1.82) is 0 Å². The first-order valence-electron chi connectivity index (χ1n) is 36.2. The smallest absolute Gasteiger partial charge is 0.335 e. The van der Waals surface area contributed by atoms with Gasteiger partial charge >= 0.3 is 5.97 Å². The first-order chi connectivity index (χ1) is 47.9. The van der Waals surface area contributed by atoms with Crippen molar-refractivity contribution in [1.82, 2.24) is 9.97 Å². The summed E-state index contributed by atoms with van der Waals surface area (Å²) in [6.45, 7) is 59.7. The van der Waals surface area contributed by atoms with Gasteiger partial charge in [-0.25, -0.2) is 18.6 Å². The van der Waals surface area contributed by atoms with Crippen molar-refractivity contribution in [3.8, 4) is 11.5 Å². The van der Waals surface area contributed by atoms with Crippen LogP contribution >= 0.6 is 11.3 Å². The second-order valence-electron chi connectivity index (χ2n) is 34.1. The van der Waals surface area contributed by atoms with E-state index in [1.165, 1.54) is 62.5 Å². The summed E-state index contributed by atoms with van der Waals surface area (Å²) in [5.41, 5.74) is 38.8. The fourth-order valence-corrected chi connectivity index (χ4v) is 11.1. The summed E-state index contributed by atoms with van der Waals surface area (Å²) in [6, 6.07) is 52.4. The van der Waals surface area contributed by atoms with Crippen molar-refractivity contribution in [2.75, 3.05) is 37.9 Å². The van der Waals surface area contributed by atoms with Gasteiger partial charge in [0, 0.05) is 61.8 Å². The SMILES string of the molecule is CC(C)(C)c1cc(F)ccc1CN.CC(C)(C)c1ccc(CN)cc1.CC(C)(C)c1ccc2sc(N)nc2c1.CC(C)(C)c1cccc(C(=O)O)c1.CC(C)(C)c1ccccc1CN.CCN(CC)c1ccnc(C(C)(C)C)c1.COc1cc(F)cc(C(C)(C)C)c1.COc1cccc(C(C)(C)C)c1. The van der Waals surface area contributed by atoms with E-state index in [9.17, 15) is 13.6 Å². The van der Waals surface area contributed by atoms with Crippen molar-refractivity contribution < 1.29 is 28.2 Å².